The number of benzene rings is 2. The van der Waals surface area contributed by atoms with E-state index in [1.165, 1.54) is 32.0 Å². The Morgan fingerprint density at radius 3 is 1.29 bits per heavy atom. The van der Waals surface area contributed by atoms with Crippen molar-refractivity contribution in [2.45, 2.75) is 88.9 Å². The number of rotatable bonds is 12. The SMILES string of the molecule is CC(C)c1ccc(SCCOCCSc2ccc(C(C)C)cc2C(C)C)c(C(C)C)c1. The molecular formula is C28H42OS2. The van der Waals surface area contributed by atoms with Gasteiger partial charge in [0.1, 0.15) is 0 Å². The highest BCUT2D eigenvalue weighted by atomic mass is 32.2. The highest BCUT2D eigenvalue weighted by Crippen LogP contribution is 2.33. The van der Waals surface area contributed by atoms with E-state index in [4.69, 9.17) is 4.74 Å². The number of thioether (sulfide) groups is 2. The van der Waals surface area contributed by atoms with Gasteiger partial charge in [0.05, 0.1) is 13.2 Å². The van der Waals surface area contributed by atoms with Gasteiger partial charge in [-0.3, -0.25) is 0 Å². The Bertz CT molecular complexity index is 741. The molecule has 0 aliphatic heterocycles. The van der Waals surface area contributed by atoms with Crippen LogP contribution in [-0.2, 0) is 4.74 Å². The number of hydrogen-bond acceptors (Lipinski definition) is 3. The van der Waals surface area contributed by atoms with E-state index in [-0.39, 0.29) is 0 Å². The minimum absolute atomic E-state index is 0.552. The molecule has 2 aromatic rings. The van der Waals surface area contributed by atoms with Crippen LogP contribution in [0.4, 0.5) is 0 Å². The van der Waals surface area contributed by atoms with E-state index in [0.717, 1.165) is 24.7 Å². The second kappa shape index (κ2) is 13.0. The second-order valence-electron chi connectivity index (χ2n) is 9.52. The fraction of sp³-hybridized carbons (Fsp3) is 0.571. The predicted octanol–water partition coefficient (Wildman–Crippen LogP) is 9.08. The fourth-order valence-electron chi connectivity index (χ4n) is 3.54. The number of hydrogen-bond donors (Lipinski definition) is 0. The molecule has 1 nitrogen and oxygen atoms in total. The van der Waals surface area contributed by atoms with Gasteiger partial charge in [-0.05, 0) is 58.1 Å². The molecule has 0 heterocycles. The summed E-state index contributed by atoms with van der Waals surface area (Å²) in [5.41, 5.74) is 5.81. The highest BCUT2D eigenvalue weighted by molar-refractivity contribution is 7.99. The van der Waals surface area contributed by atoms with Crippen molar-refractivity contribution in [1.29, 1.82) is 0 Å². The molecule has 0 radical (unpaired) electrons. The smallest absolute Gasteiger partial charge is 0.0560 e. The molecular weight excluding hydrogens is 416 g/mol. The topological polar surface area (TPSA) is 9.23 Å². The van der Waals surface area contributed by atoms with E-state index >= 15 is 0 Å². The molecule has 0 saturated carbocycles. The van der Waals surface area contributed by atoms with Crippen LogP contribution in [0.3, 0.4) is 0 Å². The van der Waals surface area contributed by atoms with Crippen molar-refractivity contribution in [3.63, 3.8) is 0 Å². The van der Waals surface area contributed by atoms with Crippen LogP contribution in [-0.4, -0.2) is 24.7 Å². The molecule has 0 amide bonds. The average Bonchev–Trinajstić information content (AvgIpc) is 2.72. The molecule has 0 saturated heterocycles. The Hall–Kier alpha value is -0.900. The third-order valence-electron chi connectivity index (χ3n) is 5.62. The summed E-state index contributed by atoms with van der Waals surface area (Å²) in [6, 6.07) is 14.0. The van der Waals surface area contributed by atoms with Gasteiger partial charge in [-0.2, -0.15) is 0 Å². The lowest BCUT2D eigenvalue weighted by atomic mass is 9.96. The first kappa shape index (κ1) is 26.4. The van der Waals surface area contributed by atoms with Crippen molar-refractivity contribution in [2.75, 3.05) is 24.7 Å². The number of ether oxygens (including phenoxy) is 1. The summed E-state index contributed by atoms with van der Waals surface area (Å²) in [5.74, 6) is 4.27. The van der Waals surface area contributed by atoms with Gasteiger partial charge in [0.15, 0.2) is 0 Å². The standard InChI is InChI=1S/C28H42OS2/c1-19(2)23-9-11-27(25(17-23)21(5)6)30-15-13-29-14-16-31-28-12-10-24(20(3)4)18-26(28)22(7)8/h9-12,17-22H,13-16H2,1-8H3. The molecule has 3 heteroatoms. The summed E-state index contributed by atoms with van der Waals surface area (Å²) in [6.07, 6.45) is 0. The second-order valence-corrected chi connectivity index (χ2v) is 11.8. The van der Waals surface area contributed by atoms with E-state index in [1.54, 1.807) is 0 Å². The van der Waals surface area contributed by atoms with Crippen molar-refractivity contribution < 1.29 is 4.74 Å². The molecule has 0 aromatic heterocycles. The van der Waals surface area contributed by atoms with Gasteiger partial charge in [-0.1, -0.05) is 79.7 Å². The maximum Gasteiger partial charge on any atom is 0.0560 e. The molecule has 0 atom stereocenters. The molecule has 0 spiro atoms. The zero-order chi connectivity index (χ0) is 23.0. The Labute approximate surface area is 200 Å². The Kier molecular flexibility index (Phi) is 11.0. The van der Waals surface area contributed by atoms with Crippen LogP contribution in [0.15, 0.2) is 46.2 Å². The Morgan fingerprint density at radius 1 is 0.581 bits per heavy atom. The largest absolute Gasteiger partial charge is 0.380 e. The quantitative estimate of drug-likeness (QED) is 0.232. The molecule has 0 aliphatic rings. The molecule has 172 valence electrons. The summed E-state index contributed by atoms with van der Waals surface area (Å²) in [7, 11) is 0. The first-order valence-corrected chi connectivity index (χ1v) is 13.8. The molecule has 0 N–H and O–H groups in total. The zero-order valence-corrected chi connectivity index (χ0v) is 22.5. The van der Waals surface area contributed by atoms with Crippen LogP contribution in [0.1, 0.15) is 101 Å². The third kappa shape index (κ3) is 8.18. The van der Waals surface area contributed by atoms with Gasteiger partial charge in [0, 0.05) is 21.3 Å². The van der Waals surface area contributed by atoms with Gasteiger partial charge < -0.3 is 4.74 Å². The van der Waals surface area contributed by atoms with E-state index in [2.05, 4.69) is 91.8 Å². The third-order valence-corrected chi connectivity index (χ3v) is 7.72. The predicted molar refractivity (Wildman–Crippen MR) is 142 cm³/mol. The van der Waals surface area contributed by atoms with Crippen LogP contribution in [0.5, 0.6) is 0 Å². The summed E-state index contributed by atoms with van der Waals surface area (Å²) in [5, 5.41) is 0. The molecule has 0 bridgehead atoms. The van der Waals surface area contributed by atoms with Gasteiger partial charge >= 0.3 is 0 Å². The summed E-state index contributed by atoms with van der Waals surface area (Å²) < 4.78 is 5.96. The monoisotopic (exact) mass is 458 g/mol. The first-order chi connectivity index (χ1) is 14.7. The molecule has 0 fully saturated rings. The van der Waals surface area contributed by atoms with Crippen molar-refractivity contribution >= 4 is 23.5 Å². The van der Waals surface area contributed by atoms with E-state index < -0.39 is 0 Å². The normalized spacial score (nSPS) is 12.0. The van der Waals surface area contributed by atoms with E-state index in [9.17, 15) is 0 Å². The molecule has 2 rings (SSSR count). The maximum absolute atomic E-state index is 5.96. The fourth-order valence-corrected chi connectivity index (χ4v) is 5.63. The Balaban J connectivity index is 1.78. The van der Waals surface area contributed by atoms with Crippen LogP contribution < -0.4 is 0 Å². The Morgan fingerprint density at radius 2 is 0.968 bits per heavy atom. The van der Waals surface area contributed by atoms with Crippen molar-refractivity contribution in [1.82, 2.24) is 0 Å². The first-order valence-electron chi connectivity index (χ1n) is 11.8. The highest BCUT2D eigenvalue weighted by Gasteiger charge is 2.11. The lowest BCUT2D eigenvalue weighted by molar-refractivity contribution is 0.167. The average molecular weight is 459 g/mol. The van der Waals surface area contributed by atoms with Gasteiger partial charge in [0.25, 0.3) is 0 Å². The summed E-state index contributed by atoms with van der Waals surface area (Å²) in [6.45, 7) is 19.8. The molecule has 31 heavy (non-hydrogen) atoms. The molecule has 2 aromatic carbocycles. The summed E-state index contributed by atoms with van der Waals surface area (Å²) in [4.78, 5) is 2.81. The minimum Gasteiger partial charge on any atom is -0.380 e. The minimum atomic E-state index is 0.552. The lowest BCUT2D eigenvalue weighted by Crippen LogP contribution is -2.03. The van der Waals surface area contributed by atoms with Crippen LogP contribution in [0.2, 0.25) is 0 Å². The maximum atomic E-state index is 5.96. The van der Waals surface area contributed by atoms with Crippen LogP contribution in [0, 0.1) is 0 Å². The van der Waals surface area contributed by atoms with Gasteiger partial charge in [-0.15, -0.1) is 23.5 Å². The van der Waals surface area contributed by atoms with Gasteiger partial charge in [-0.25, -0.2) is 0 Å². The van der Waals surface area contributed by atoms with Crippen LogP contribution >= 0.6 is 23.5 Å². The zero-order valence-electron chi connectivity index (χ0n) is 20.8. The summed E-state index contributed by atoms with van der Waals surface area (Å²) >= 11 is 3.86. The van der Waals surface area contributed by atoms with E-state index in [1.807, 2.05) is 23.5 Å². The molecule has 0 unspecified atom stereocenters. The van der Waals surface area contributed by atoms with Crippen molar-refractivity contribution in [3.05, 3.63) is 58.7 Å². The lowest BCUT2D eigenvalue weighted by Gasteiger charge is -2.16. The van der Waals surface area contributed by atoms with Crippen molar-refractivity contribution in [3.8, 4) is 0 Å². The molecule has 0 aliphatic carbocycles. The van der Waals surface area contributed by atoms with Crippen molar-refractivity contribution in [2.24, 2.45) is 0 Å². The van der Waals surface area contributed by atoms with Crippen LogP contribution in [0.25, 0.3) is 0 Å². The van der Waals surface area contributed by atoms with E-state index in [0.29, 0.717) is 23.7 Å². The van der Waals surface area contributed by atoms with Gasteiger partial charge in [0.2, 0.25) is 0 Å².